The fraction of sp³-hybridized carbons (Fsp3) is 0.261. The lowest BCUT2D eigenvalue weighted by Gasteiger charge is -2.29. The zero-order valence-corrected chi connectivity index (χ0v) is 17.5. The third-order valence-electron chi connectivity index (χ3n) is 6.25. The van der Waals surface area contributed by atoms with Crippen molar-refractivity contribution in [2.45, 2.75) is 18.8 Å². The first-order valence-corrected chi connectivity index (χ1v) is 10.6. The summed E-state index contributed by atoms with van der Waals surface area (Å²) in [6.45, 7) is 2.15. The van der Waals surface area contributed by atoms with Crippen LogP contribution in [0.1, 0.15) is 24.3 Å². The zero-order valence-electron chi connectivity index (χ0n) is 17.5. The molecule has 1 aliphatic rings. The zero-order chi connectivity index (χ0) is 21.7. The van der Waals surface area contributed by atoms with Gasteiger partial charge in [0.05, 0.1) is 40.8 Å². The van der Waals surface area contributed by atoms with Crippen LogP contribution in [0.4, 0.5) is 4.39 Å². The monoisotopic (exact) mass is 428 g/mol. The maximum absolute atomic E-state index is 13.6. The molecule has 6 heterocycles. The number of nitrogens with zero attached hydrogens (tertiary/aromatic N) is 6. The molecule has 0 bridgehead atoms. The van der Waals surface area contributed by atoms with Gasteiger partial charge in [-0.1, -0.05) is 0 Å². The van der Waals surface area contributed by atoms with Crippen LogP contribution in [0.25, 0.3) is 44.7 Å². The Morgan fingerprint density at radius 1 is 1.00 bits per heavy atom. The second-order valence-corrected chi connectivity index (χ2v) is 8.37. The number of rotatable bonds is 3. The van der Waals surface area contributed by atoms with Gasteiger partial charge in [0.25, 0.3) is 0 Å². The molecule has 0 unspecified atom stereocenters. The molecule has 1 fully saturated rings. The number of nitrogens with one attached hydrogen (secondary N) is 2. The second-order valence-electron chi connectivity index (χ2n) is 8.37. The molecule has 0 amide bonds. The van der Waals surface area contributed by atoms with Crippen LogP contribution >= 0.6 is 0 Å². The summed E-state index contributed by atoms with van der Waals surface area (Å²) in [4.78, 5) is 23.5. The third-order valence-corrected chi connectivity index (χ3v) is 6.25. The van der Waals surface area contributed by atoms with E-state index in [0.29, 0.717) is 28.7 Å². The highest BCUT2D eigenvalue weighted by Gasteiger charge is 2.23. The van der Waals surface area contributed by atoms with Gasteiger partial charge in [0, 0.05) is 28.9 Å². The van der Waals surface area contributed by atoms with Crippen molar-refractivity contribution in [2.75, 3.05) is 20.1 Å². The van der Waals surface area contributed by atoms with Gasteiger partial charge in [0.2, 0.25) is 0 Å². The number of likely N-dealkylation sites (tertiary alicyclic amines) is 1. The first kappa shape index (κ1) is 19.0. The van der Waals surface area contributed by atoms with Crippen molar-refractivity contribution in [2.24, 2.45) is 0 Å². The van der Waals surface area contributed by atoms with Crippen LogP contribution in [0.5, 0.6) is 0 Å². The van der Waals surface area contributed by atoms with Gasteiger partial charge in [-0.25, -0.2) is 9.37 Å². The molecular formula is C23H21FN8. The van der Waals surface area contributed by atoms with Gasteiger partial charge < -0.3 is 9.88 Å². The van der Waals surface area contributed by atoms with E-state index in [2.05, 4.69) is 42.1 Å². The van der Waals surface area contributed by atoms with Crippen LogP contribution in [0, 0.1) is 5.82 Å². The lowest BCUT2D eigenvalue weighted by molar-refractivity contribution is 0.256. The summed E-state index contributed by atoms with van der Waals surface area (Å²) in [5, 5.41) is 8.36. The lowest BCUT2D eigenvalue weighted by Crippen LogP contribution is -2.29. The molecule has 0 aromatic carbocycles. The molecule has 5 aromatic heterocycles. The second kappa shape index (κ2) is 7.45. The molecule has 32 heavy (non-hydrogen) atoms. The van der Waals surface area contributed by atoms with Crippen molar-refractivity contribution < 1.29 is 4.39 Å². The first-order chi connectivity index (χ1) is 15.7. The minimum Gasteiger partial charge on any atom is -0.335 e. The molecule has 0 saturated carbocycles. The van der Waals surface area contributed by atoms with Gasteiger partial charge in [-0.15, -0.1) is 0 Å². The molecule has 6 rings (SSSR count). The van der Waals surface area contributed by atoms with Crippen LogP contribution in [0.3, 0.4) is 0 Å². The molecule has 1 aliphatic heterocycles. The van der Waals surface area contributed by atoms with Crippen molar-refractivity contribution in [1.82, 2.24) is 40.0 Å². The molecular weight excluding hydrogens is 407 g/mol. The number of piperidine rings is 1. The number of fused-ring (bicyclic) bond motifs is 2. The van der Waals surface area contributed by atoms with E-state index >= 15 is 0 Å². The summed E-state index contributed by atoms with van der Waals surface area (Å²) < 4.78 is 13.6. The molecule has 0 aliphatic carbocycles. The van der Waals surface area contributed by atoms with Crippen LogP contribution in [0.2, 0.25) is 0 Å². The van der Waals surface area contributed by atoms with Crippen LogP contribution < -0.4 is 0 Å². The summed E-state index contributed by atoms with van der Waals surface area (Å²) in [5.74, 6) is 0.719. The molecule has 5 aromatic rings. The summed E-state index contributed by atoms with van der Waals surface area (Å²) in [6.07, 6.45) is 10.4. The van der Waals surface area contributed by atoms with E-state index in [1.807, 2.05) is 18.5 Å². The van der Waals surface area contributed by atoms with Crippen LogP contribution in [-0.2, 0) is 0 Å². The van der Waals surface area contributed by atoms with Crippen molar-refractivity contribution in [3.63, 3.8) is 0 Å². The van der Waals surface area contributed by atoms with Crippen molar-refractivity contribution >= 4 is 21.9 Å². The van der Waals surface area contributed by atoms with Gasteiger partial charge in [0.15, 0.2) is 5.82 Å². The van der Waals surface area contributed by atoms with E-state index in [-0.39, 0.29) is 0 Å². The van der Waals surface area contributed by atoms with Gasteiger partial charge in [0.1, 0.15) is 11.5 Å². The van der Waals surface area contributed by atoms with Crippen molar-refractivity contribution in [3.8, 4) is 22.8 Å². The molecule has 0 radical (unpaired) electrons. The highest BCUT2D eigenvalue weighted by molar-refractivity contribution is 5.94. The van der Waals surface area contributed by atoms with Gasteiger partial charge in [-0.05, 0) is 51.0 Å². The summed E-state index contributed by atoms with van der Waals surface area (Å²) >= 11 is 0. The third kappa shape index (κ3) is 3.21. The highest BCUT2D eigenvalue weighted by atomic mass is 19.1. The Kier molecular flexibility index (Phi) is 4.43. The number of halogens is 1. The smallest absolute Gasteiger partial charge is 0.159 e. The number of pyridine rings is 3. The first-order valence-electron chi connectivity index (χ1n) is 10.6. The van der Waals surface area contributed by atoms with E-state index < -0.39 is 5.82 Å². The Balaban J connectivity index is 1.44. The van der Waals surface area contributed by atoms with Crippen LogP contribution in [-0.4, -0.2) is 60.2 Å². The van der Waals surface area contributed by atoms with Crippen molar-refractivity contribution in [3.05, 3.63) is 54.5 Å². The quantitative estimate of drug-likeness (QED) is 0.452. The number of aromatic nitrogens is 7. The molecule has 8 nitrogen and oxygen atoms in total. The predicted octanol–water partition coefficient (Wildman–Crippen LogP) is 3.91. The maximum atomic E-state index is 13.6. The molecule has 0 spiro atoms. The Morgan fingerprint density at radius 3 is 2.69 bits per heavy atom. The number of hydrogen-bond donors (Lipinski definition) is 2. The SMILES string of the molecule is CN1CCC(c2cncc3[nH]c(-c4n[nH]c5cnc(-c6cncc(F)c6)cc45)nc23)CC1. The fourth-order valence-electron chi connectivity index (χ4n) is 4.49. The van der Waals surface area contributed by atoms with E-state index in [0.717, 1.165) is 47.9 Å². The minimum atomic E-state index is -0.400. The molecule has 2 N–H and O–H groups in total. The topological polar surface area (TPSA) is 99.3 Å². The summed E-state index contributed by atoms with van der Waals surface area (Å²) in [7, 11) is 2.16. The van der Waals surface area contributed by atoms with E-state index in [4.69, 9.17) is 4.98 Å². The number of H-pyrrole nitrogens is 2. The summed E-state index contributed by atoms with van der Waals surface area (Å²) in [5.41, 5.74) is 5.74. The fourth-order valence-corrected chi connectivity index (χ4v) is 4.49. The van der Waals surface area contributed by atoms with Crippen molar-refractivity contribution in [1.29, 1.82) is 0 Å². The molecule has 160 valence electrons. The van der Waals surface area contributed by atoms with E-state index in [1.165, 1.54) is 17.8 Å². The maximum Gasteiger partial charge on any atom is 0.159 e. The Bertz CT molecular complexity index is 1430. The van der Waals surface area contributed by atoms with E-state index in [9.17, 15) is 4.39 Å². The number of aromatic amines is 2. The van der Waals surface area contributed by atoms with Crippen LogP contribution in [0.15, 0.2) is 43.1 Å². The minimum absolute atomic E-state index is 0.400. The predicted molar refractivity (Wildman–Crippen MR) is 119 cm³/mol. The Labute approximate surface area is 183 Å². The molecule has 1 saturated heterocycles. The Hall–Kier alpha value is -3.72. The average Bonchev–Trinajstić information content (AvgIpc) is 3.43. The number of imidazole rings is 1. The lowest BCUT2D eigenvalue weighted by atomic mass is 9.90. The Morgan fingerprint density at radius 2 is 1.84 bits per heavy atom. The standard InChI is InChI=1S/C23H21FN8/c1-32-4-2-13(3-5-32)17-10-26-11-20-21(17)29-23(28-20)22-16-7-18(27-12-19(16)30-31-22)14-6-15(24)9-25-8-14/h6-13H,2-5H2,1H3,(H,28,29)(H,30,31). The largest absolute Gasteiger partial charge is 0.335 e. The molecule has 9 heteroatoms. The van der Waals surface area contributed by atoms with Gasteiger partial charge in [-0.3, -0.25) is 20.1 Å². The average molecular weight is 428 g/mol. The molecule has 0 atom stereocenters. The van der Waals surface area contributed by atoms with Gasteiger partial charge in [-0.2, -0.15) is 5.10 Å². The van der Waals surface area contributed by atoms with Gasteiger partial charge >= 0.3 is 0 Å². The number of hydrogen-bond acceptors (Lipinski definition) is 6. The highest BCUT2D eigenvalue weighted by Crippen LogP contribution is 2.34. The normalized spacial score (nSPS) is 15.7. The summed E-state index contributed by atoms with van der Waals surface area (Å²) in [6, 6.07) is 3.30. The van der Waals surface area contributed by atoms with E-state index in [1.54, 1.807) is 12.4 Å².